The largest absolute Gasteiger partial charge is 0.497 e. The van der Waals surface area contributed by atoms with Gasteiger partial charge in [0.05, 0.1) is 19.3 Å². The van der Waals surface area contributed by atoms with Crippen molar-refractivity contribution >= 4 is 29.1 Å². The Labute approximate surface area is 212 Å². The molecule has 5 aromatic rings. The van der Waals surface area contributed by atoms with Crippen molar-refractivity contribution in [3.05, 3.63) is 89.0 Å². The number of hydrogen-bond acceptors (Lipinski definition) is 6. The number of anilines is 1. The third-order valence-corrected chi connectivity index (χ3v) is 5.70. The van der Waals surface area contributed by atoms with Crippen LogP contribution in [0.3, 0.4) is 0 Å². The number of fused-ring (bicyclic) bond motifs is 1. The lowest BCUT2D eigenvalue weighted by Gasteiger charge is -2.11. The second kappa shape index (κ2) is 9.54. The van der Waals surface area contributed by atoms with Gasteiger partial charge in [-0.25, -0.2) is 19.2 Å². The van der Waals surface area contributed by atoms with E-state index in [0.717, 1.165) is 11.6 Å². The number of methoxy groups -OCH3 is 1. The molecule has 0 unspecified atom stereocenters. The fraction of sp³-hybridized carbons (Fsp3) is 0.125. The first-order valence-corrected chi connectivity index (χ1v) is 11.2. The van der Waals surface area contributed by atoms with Gasteiger partial charge in [0.1, 0.15) is 17.1 Å². The second-order valence-corrected chi connectivity index (χ2v) is 8.24. The Morgan fingerprint density at radius 3 is 2.59 bits per heavy atom. The molecule has 0 saturated carbocycles. The van der Waals surface area contributed by atoms with E-state index in [9.17, 15) is 18.0 Å². The highest BCUT2D eigenvalue weighted by Crippen LogP contribution is 2.35. The summed E-state index contributed by atoms with van der Waals surface area (Å²) < 4.78 is 49.0. The molecule has 0 spiro atoms. The maximum Gasteiger partial charge on any atom is 0.433 e. The monoisotopic (exact) mass is 527 g/mol. The van der Waals surface area contributed by atoms with Crippen LogP contribution >= 0.6 is 11.6 Å². The SMILES string of the molecule is COc1cccc(-c2cc(C(F)(F)F)n3nc(C(=O)Nc4ncn(Cc5ccccc5)n4)c(Cl)c3n2)c1. The minimum absolute atomic E-state index is 0.0196. The molecule has 37 heavy (non-hydrogen) atoms. The highest BCUT2D eigenvalue weighted by molar-refractivity contribution is 6.37. The highest BCUT2D eigenvalue weighted by Gasteiger charge is 2.37. The molecule has 0 fully saturated rings. The Morgan fingerprint density at radius 1 is 1.08 bits per heavy atom. The van der Waals surface area contributed by atoms with E-state index in [0.29, 0.717) is 22.4 Å². The van der Waals surface area contributed by atoms with E-state index >= 15 is 0 Å². The molecule has 2 aromatic carbocycles. The minimum atomic E-state index is -4.81. The lowest BCUT2D eigenvalue weighted by molar-refractivity contribution is -0.142. The third kappa shape index (κ3) is 4.96. The number of rotatable bonds is 6. The summed E-state index contributed by atoms with van der Waals surface area (Å²) in [4.78, 5) is 21.2. The number of aromatic nitrogens is 6. The Morgan fingerprint density at radius 2 is 1.86 bits per heavy atom. The van der Waals surface area contributed by atoms with Crippen molar-refractivity contribution in [1.29, 1.82) is 0 Å². The van der Waals surface area contributed by atoms with Crippen molar-refractivity contribution in [2.75, 3.05) is 12.4 Å². The number of alkyl halides is 3. The smallest absolute Gasteiger partial charge is 0.433 e. The fourth-order valence-electron chi connectivity index (χ4n) is 3.63. The molecule has 3 heterocycles. The molecule has 9 nitrogen and oxygen atoms in total. The summed E-state index contributed by atoms with van der Waals surface area (Å²) in [5.41, 5.74) is -0.630. The first-order chi connectivity index (χ1) is 17.7. The molecule has 1 N–H and O–H groups in total. The normalized spacial score (nSPS) is 11.6. The van der Waals surface area contributed by atoms with E-state index < -0.39 is 23.5 Å². The molecule has 0 aliphatic carbocycles. The van der Waals surface area contributed by atoms with Crippen molar-refractivity contribution in [3.8, 4) is 17.0 Å². The van der Waals surface area contributed by atoms with Crippen molar-refractivity contribution < 1.29 is 22.7 Å². The molecule has 0 saturated heterocycles. The summed E-state index contributed by atoms with van der Waals surface area (Å²) in [7, 11) is 1.44. The fourth-order valence-corrected chi connectivity index (χ4v) is 3.87. The van der Waals surface area contributed by atoms with E-state index in [-0.39, 0.29) is 22.3 Å². The molecule has 0 aliphatic heterocycles. The second-order valence-electron chi connectivity index (χ2n) is 7.86. The molecule has 0 bridgehead atoms. The number of ether oxygens (including phenoxy) is 1. The van der Waals surface area contributed by atoms with Crippen LogP contribution in [0, 0.1) is 0 Å². The van der Waals surface area contributed by atoms with Crippen LogP contribution in [0.5, 0.6) is 5.75 Å². The van der Waals surface area contributed by atoms with Gasteiger partial charge in [0.2, 0.25) is 5.95 Å². The van der Waals surface area contributed by atoms with Crippen LogP contribution in [-0.2, 0) is 12.7 Å². The molecule has 5 rings (SSSR count). The number of nitrogens with zero attached hydrogens (tertiary/aromatic N) is 6. The minimum Gasteiger partial charge on any atom is -0.497 e. The summed E-state index contributed by atoms with van der Waals surface area (Å²) in [5, 5.41) is 10.1. The Kier molecular flexibility index (Phi) is 6.25. The van der Waals surface area contributed by atoms with E-state index in [2.05, 4.69) is 25.5 Å². The zero-order chi connectivity index (χ0) is 26.2. The summed E-state index contributed by atoms with van der Waals surface area (Å²) in [6.45, 7) is 0.407. The number of nitrogens with one attached hydrogen (secondary N) is 1. The van der Waals surface area contributed by atoms with E-state index in [1.165, 1.54) is 24.2 Å². The zero-order valence-electron chi connectivity index (χ0n) is 19.1. The average Bonchev–Trinajstić information content (AvgIpc) is 3.47. The predicted molar refractivity (Wildman–Crippen MR) is 129 cm³/mol. The molecule has 0 atom stereocenters. The molecule has 0 aliphatic rings. The van der Waals surface area contributed by atoms with Crippen LogP contribution in [0.4, 0.5) is 19.1 Å². The molecule has 0 radical (unpaired) electrons. The van der Waals surface area contributed by atoms with Crippen LogP contribution in [0.25, 0.3) is 16.9 Å². The Hall–Kier alpha value is -4.45. The van der Waals surface area contributed by atoms with Crippen LogP contribution < -0.4 is 10.1 Å². The number of halogens is 4. The van der Waals surface area contributed by atoms with E-state index in [1.807, 2.05) is 30.3 Å². The molecule has 188 valence electrons. The van der Waals surface area contributed by atoms with Crippen LogP contribution in [0.1, 0.15) is 21.7 Å². The number of amides is 1. The standard InChI is InChI=1S/C24H17ClF3N7O2/c1-37-16-9-5-8-15(10-16)17-11-18(24(26,27)28)35-21(30-17)19(25)20(32-35)22(36)31-23-29-13-34(33-23)12-14-6-3-2-4-7-14/h2-11,13H,12H2,1H3,(H,31,33,36). The molecule has 13 heteroatoms. The van der Waals surface area contributed by atoms with Crippen molar-refractivity contribution in [1.82, 2.24) is 29.4 Å². The predicted octanol–water partition coefficient (Wildman–Crippen LogP) is 4.97. The van der Waals surface area contributed by atoms with Gasteiger partial charge in [0.15, 0.2) is 17.0 Å². The lowest BCUT2D eigenvalue weighted by Crippen LogP contribution is -2.16. The number of hydrogen-bond donors (Lipinski definition) is 1. The molecule has 1 amide bonds. The van der Waals surface area contributed by atoms with Gasteiger partial charge in [-0.15, -0.1) is 5.10 Å². The average molecular weight is 528 g/mol. The van der Waals surface area contributed by atoms with Gasteiger partial charge in [-0.05, 0) is 23.8 Å². The van der Waals surface area contributed by atoms with Crippen LogP contribution in [0.15, 0.2) is 67.0 Å². The van der Waals surface area contributed by atoms with E-state index in [1.54, 1.807) is 18.2 Å². The van der Waals surface area contributed by atoms with Gasteiger partial charge in [-0.2, -0.15) is 18.3 Å². The number of carbonyl (C=O) groups is 1. The van der Waals surface area contributed by atoms with Gasteiger partial charge >= 0.3 is 6.18 Å². The molecular formula is C24H17ClF3N7O2. The first kappa shape index (κ1) is 24.3. The van der Waals surface area contributed by atoms with Crippen LogP contribution in [-0.4, -0.2) is 42.4 Å². The van der Waals surface area contributed by atoms with Crippen molar-refractivity contribution in [3.63, 3.8) is 0 Å². The topological polar surface area (TPSA) is 99.2 Å². The van der Waals surface area contributed by atoms with Gasteiger partial charge in [0.25, 0.3) is 5.91 Å². The van der Waals surface area contributed by atoms with Gasteiger partial charge < -0.3 is 4.74 Å². The van der Waals surface area contributed by atoms with Crippen molar-refractivity contribution in [2.24, 2.45) is 0 Å². The van der Waals surface area contributed by atoms with Crippen molar-refractivity contribution in [2.45, 2.75) is 12.7 Å². The van der Waals surface area contributed by atoms with Gasteiger partial charge in [-0.1, -0.05) is 54.1 Å². The first-order valence-electron chi connectivity index (χ1n) is 10.8. The Bertz CT molecular complexity index is 1600. The summed E-state index contributed by atoms with van der Waals surface area (Å²) in [5.74, 6) is -0.509. The zero-order valence-corrected chi connectivity index (χ0v) is 19.8. The maximum atomic E-state index is 13.9. The molecular weight excluding hydrogens is 511 g/mol. The summed E-state index contributed by atoms with van der Waals surface area (Å²) >= 11 is 6.33. The van der Waals surface area contributed by atoms with Gasteiger partial charge in [0, 0.05) is 5.56 Å². The van der Waals surface area contributed by atoms with Crippen LogP contribution in [0.2, 0.25) is 5.02 Å². The summed E-state index contributed by atoms with van der Waals surface area (Å²) in [6, 6.07) is 16.7. The van der Waals surface area contributed by atoms with E-state index in [4.69, 9.17) is 16.3 Å². The lowest BCUT2D eigenvalue weighted by atomic mass is 10.1. The quantitative estimate of drug-likeness (QED) is 0.335. The van der Waals surface area contributed by atoms with Gasteiger partial charge in [-0.3, -0.25) is 10.1 Å². The maximum absolute atomic E-state index is 13.9. The third-order valence-electron chi connectivity index (χ3n) is 5.35. The molecule has 3 aromatic heterocycles. The Balaban J connectivity index is 1.49. The number of benzene rings is 2. The summed E-state index contributed by atoms with van der Waals surface area (Å²) in [6.07, 6.45) is -3.40. The number of carbonyl (C=O) groups excluding carboxylic acids is 1. The highest BCUT2D eigenvalue weighted by atomic mass is 35.5.